The molecule has 84 valence electrons. The summed E-state index contributed by atoms with van der Waals surface area (Å²) in [4.78, 5) is 1.20. The lowest BCUT2D eigenvalue weighted by molar-refractivity contribution is 0.641. The summed E-state index contributed by atoms with van der Waals surface area (Å²) in [6.07, 6.45) is 1.92. The average Bonchev–Trinajstić information content (AvgIpc) is 2.23. The van der Waals surface area contributed by atoms with E-state index in [2.05, 4.69) is 19.9 Å². The first kappa shape index (κ1) is 12.9. The Hall–Kier alpha value is -0.180. The standard InChI is InChI=1S/C12H18ClNS/c1-3-10(14)8-9-6-5-7-11(13)12(9)15-4-2/h5-7,10H,3-4,8,14H2,1-2H3. The van der Waals surface area contributed by atoms with Crippen LogP contribution in [0.4, 0.5) is 0 Å². The highest BCUT2D eigenvalue weighted by Gasteiger charge is 2.09. The van der Waals surface area contributed by atoms with Gasteiger partial charge in [0.25, 0.3) is 0 Å². The number of benzene rings is 1. The second-order valence-corrected chi connectivity index (χ2v) is 5.22. The molecule has 0 radical (unpaired) electrons. The third-order valence-electron chi connectivity index (χ3n) is 2.34. The molecule has 0 aliphatic carbocycles. The summed E-state index contributed by atoms with van der Waals surface area (Å²) < 4.78 is 0. The molecule has 1 atom stereocenters. The summed E-state index contributed by atoms with van der Waals surface area (Å²) in [5.74, 6) is 1.04. The number of nitrogens with two attached hydrogens (primary N) is 1. The van der Waals surface area contributed by atoms with E-state index in [9.17, 15) is 0 Å². The first-order valence-corrected chi connectivity index (χ1v) is 6.71. The maximum Gasteiger partial charge on any atom is 0.0544 e. The predicted octanol–water partition coefficient (Wildman–Crippen LogP) is 3.73. The van der Waals surface area contributed by atoms with E-state index in [1.807, 2.05) is 12.1 Å². The molecular formula is C12H18ClNS. The molecular weight excluding hydrogens is 226 g/mol. The number of hydrogen-bond donors (Lipinski definition) is 1. The van der Waals surface area contributed by atoms with Crippen LogP contribution in [0.3, 0.4) is 0 Å². The molecule has 0 saturated carbocycles. The number of thioether (sulfide) groups is 1. The van der Waals surface area contributed by atoms with Gasteiger partial charge in [0, 0.05) is 10.9 Å². The highest BCUT2D eigenvalue weighted by atomic mass is 35.5. The van der Waals surface area contributed by atoms with Crippen molar-refractivity contribution in [1.82, 2.24) is 0 Å². The molecule has 1 rings (SSSR count). The van der Waals surface area contributed by atoms with Crippen molar-refractivity contribution in [3.05, 3.63) is 28.8 Å². The van der Waals surface area contributed by atoms with E-state index in [1.165, 1.54) is 10.5 Å². The van der Waals surface area contributed by atoms with E-state index in [0.717, 1.165) is 23.6 Å². The third kappa shape index (κ3) is 3.71. The van der Waals surface area contributed by atoms with Gasteiger partial charge < -0.3 is 5.73 Å². The fourth-order valence-electron chi connectivity index (χ4n) is 1.45. The van der Waals surface area contributed by atoms with Crippen LogP contribution in [0.25, 0.3) is 0 Å². The monoisotopic (exact) mass is 243 g/mol. The van der Waals surface area contributed by atoms with Gasteiger partial charge in [-0.15, -0.1) is 11.8 Å². The van der Waals surface area contributed by atoms with Crippen LogP contribution in [-0.2, 0) is 6.42 Å². The van der Waals surface area contributed by atoms with Gasteiger partial charge in [0.2, 0.25) is 0 Å². The zero-order chi connectivity index (χ0) is 11.3. The first-order valence-electron chi connectivity index (χ1n) is 5.34. The molecule has 0 aliphatic heterocycles. The van der Waals surface area contributed by atoms with Crippen LogP contribution in [-0.4, -0.2) is 11.8 Å². The van der Waals surface area contributed by atoms with Gasteiger partial charge in [-0.25, -0.2) is 0 Å². The minimum atomic E-state index is 0.236. The molecule has 0 fully saturated rings. The second kappa shape index (κ2) is 6.41. The van der Waals surface area contributed by atoms with Gasteiger partial charge >= 0.3 is 0 Å². The summed E-state index contributed by atoms with van der Waals surface area (Å²) in [6, 6.07) is 6.30. The average molecular weight is 244 g/mol. The molecule has 0 aromatic heterocycles. The van der Waals surface area contributed by atoms with E-state index < -0.39 is 0 Å². The molecule has 0 heterocycles. The summed E-state index contributed by atoms with van der Waals surface area (Å²) in [7, 11) is 0. The molecule has 1 unspecified atom stereocenters. The zero-order valence-corrected chi connectivity index (χ0v) is 10.9. The van der Waals surface area contributed by atoms with E-state index >= 15 is 0 Å². The molecule has 15 heavy (non-hydrogen) atoms. The summed E-state index contributed by atoms with van der Waals surface area (Å²) in [5.41, 5.74) is 7.25. The number of rotatable bonds is 5. The molecule has 1 aromatic carbocycles. The number of hydrogen-bond acceptors (Lipinski definition) is 2. The molecule has 0 spiro atoms. The maximum atomic E-state index is 6.17. The molecule has 2 N–H and O–H groups in total. The van der Waals surface area contributed by atoms with Crippen LogP contribution >= 0.6 is 23.4 Å². The molecule has 0 saturated heterocycles. The lowest BCUT2D eigenvalue weighted by Crippen LogP contribution is -2.21. The smallest absolute Gasteiger partial charge is 0.0544 e. The Morgan fingerprint density at radius 3 is 2.73 bits per heavy atom. The lowest BCUT2D eigenvalue weighted by atomic mass is 10.0. The van der Waals surface area contributed by atoms with Gasteiger partial charge in [-0.2, -0.15) is 0 Å². The van der Waals surface area contributed by atoms with Gasteiger partial charge in [-0.05, 0) is 30.2 Å². The van der Waals surface area contributed by atoms with Crippen LogP contribution in [0.5, 0.6) is 0 Å². The van der Waals surface area contributed by atoms with Crippen LogP contribution in [0.15, 0.2) is 23.1 Å². The normalized spacial score (nSPS) is 12.8. The fraction of sp³-hybridized carbons (Fsp3) is 0.500. The Labute approximate surface area is 101 Å². The third-order valence-corrected chi connectivity index (χ3v) is 3.83. The van der Waals surface area contributed by atoms with Crippen molar-refractivity contribution in [2.45, 2.75) is 37.6 Å². The topological polar surface area (TPSA) is 26.0 Å². The highest BCUT2D eigenvalue weighted by molar-refractivity contribution is 7.99. The highest BCUT2D eigenvalue weighted by Crippen LogP contribution is 2.31. The van der Waals surface area contributed by atoms with Crippen molar-refractivity contribution in [3.8, 4) is 0 Å². The fourth-order valence-corrected chi connectivity index (χ4v) is 2.64. The Kier molecular flexibility index (Phi) is 5.51. The van der Waals surface area contributed by atoms with Crippen LogP contribution in [0.2, 0.25) is 5.02 Å². The van der Waals surface area contributed by atoms with Crippen molar-refractivity contribution in [2.24, 2.45) is 5.73 Å². The van der Waals surface area contributed by atoms with Crippen LogP contribution in [0, 0.1) is 0 Å². The van der Waals surface area contributed by atoms with E-state index in [1.54, 1.807) is 11.8 Å². The Balaban J connectivity index is 2.89. The molecule has 0 amide bonds. The molecule has 1 aromatic rings. The maximum absolute atomic E-state index is 6.17. The van der Waals surface area contributed by atoms with Crippen molar-refractivity contribution < 1.29 is 0 Å². The minimum Gasteiger partial charge on any atom is -0.327 e. The van der Waals surface area contributed by atoms with Crippen LogP contribution < -0.4 is 5.73 Å². The van der Waals surface area contributed by atoms with Crippen molar-refractivity contribution in [1.29, 1.82) is 0 Å². The van der Waals surface area contributed by atoms with E-state index in [0.29, 0.717) is 0 Å². The quantitative estimate of drug-likeness (QED) is 0.798. The second-order valence-electron chi connectivity index (χ2n) is 3.53. The first-order chi connectivity index (χ1) is 7.19. The van der Waals surface area contributed by atoms with Crippen molar-refractivity contribution in [2.75, 3.05) is 5.75 Å². The summed E-state index contributed by atoms with van der Waals surface area (Å²) in [6.45, 7) is 4.25. The Bertz CT molecular complexity index is 314. The van der Waals surface area contributed by atoms with E-state index in [-0.39, 0.29) is 6.04 Å². The Morgan fingerprint density at radius 2 is 2.13 bits per heavy atom. The zero-order valence-electron chi connectivity index (χ0n) is 9.29. The van der Waals surface area contributed by atoms with Gasteiger partial charge in [-0.3, -0.25) is 0 Å². The SMILES string of the molecule is CCSc1c(Cl)cccc1CC(N)CC. The molecule has 0 bridgehead atoms. The van der Waals surface area contributed by atoms with Crippen LogP contribution in [0.1, 0.15) is 25.8 Å². The molecule has 0 aliphatic rings. The largest absolute Gasteiger partial charge is 0.327 e. The summed E-state index contributed by atoms with van der Waals surface area (Å²) >= 11 is 7.97. The van der Waals surface area contributed by atoms with Gasteiger partial charge in [0.05, 0.1) is 5.02 Å². The molecule has 3 heteroatoms. The minimum absolute atomic E-state index is 0.236. The van der Waals surface area contributed by atoms with Gasteiger partial charge in [0.15, 0.2) is 0 Å². The molecule has 1 nitrogen and oxygen atoms in total. The van der Waals surface area contributed by atoms with Crippen molar-refractivity contribution >= 4 is 23.4 Å². The van der Waals surface area contributed by atoms with Gasteiger partial charge in [0.1, 0.15) is 0 Å². The lowest BCUT2D eigenvalue weighted by Gasteiger charge is -2.13. The van der Waals surface area contributed by atoms with Crippen molar-refractivity contribution in [3.63, 3.8) is 0 Å². The predicted molar refractivity (Wildman–Crippen MR) is 69.8 cm³/mol. The Morgan fingerprint density at radius 1 is 1.40 bits per heavy atom. The van der Waals surface area contributed by atoms with Gasteiger partial charge in [-0.1, -0.05) is 37.6 Å². The summed E-state index contributed by atoms with van der Waals surface area (Å²) in [5, 5.41) is 0.850. The van der Waals surface area contributed by atoms with E-state index in [4.69, 9.17) is 17.3 Å². The number of halogens is 1.